The summed E-state index contributed by atoms with van der Waals surface area (Å²) in [6, 6.07) is 15.0. The van der Waals surface area contributed by atoms with Gasteiger partial charge in [-0.25, -0.2) is 0 Å². The average Bonchev–Trinajstić information content (AvgIpc) is 3.26. The van der Waals surface area contributed by atoms with Gasteiger partial charge < -0.3 is 5.32 Å². The van der Waals surface area contributed by atoms with Crippen molar-refractivity contribution in [2.45, 2.75) is 32.7 Å². The van der Waals surface area contributed by atoms with E-state index in [0.717, 1.165) is 15.6 Å². The molecular formula is C24H24N2O3S. The molecule has 0 fully saturated rings. The predicted octanol–water partition coefficient (Wildman–Crippen LogP) is 4.79. The number of amides is 3. The monoisotopic (exact) mass is 420 g/mol. The number of benzene rings is 2. The van der Waals surface area contributed by atoms with Gasteiger partial charge in [-0.2, -0.15) is 0 Å². The lowest BCUT2D eigenvalue weighted by Gasteiger charge is -2.27. The SMILES string of the molecule is CC(C)C(NC(=O)CCCN1C(=O)c2cccc3cccc(c23)C1=O)c1cccs1. The highest BCUT2D eigenvalue weighted by Gasteiger charge is 2.32. The zero-order valence-corrected chi connectivity index (χ0v) is 17.9. The van der Waals surface area contributed by atoms with E-state index < -0.39 is 0 Å². The maximum Gasteiger partial charge on any atom is 0.261 e. The van der Waals surface area contributed by atoms with E-state index in [2.05, 4.69) is 19.2 Å². The Hall–Kier alpha value is -2.99. The molecule has 0 spiro atoms. The van der Waals surface area contributed by atoms with Gasteiger partial charge in [-0.15, -0.1) is 11.3 Å². The van der Waals surface area contributed by atoms with Crippen molar-refractivity contribution in [2.24, 2.45) is 5.92 Å². The fourth-order valence-electron chi connectivity index (χ4n) is 3.96. The molecular weight excluding hydrogens is 396 g/mol. The Balaban J connectivity index is 1.41. The summed E-state index contributed by atoms with van der Waals surface area (Å²) < 4.78 is 0. The number of hydrogen-bond acceptors (Lipinski definition) is 4. The molecule has 1 aliphatic rings. The van der Waals surface area contributed by atoms with E-state index in [4.69, 9.17) is 0 Å². The molecule has 0 bridgehead atoms. The Morgan fingerprint density at radius 2 is 1.67 bits per heavy atom. The van der Waals surface area contributed by atoms with Crippen LogP contribution < -0.4 is 5.32 Å². The molecule has 3 aromatic rings. The van der Waals surface area contributed by atoms with Gasteiger partial charge in [0.15, 0.2) is 0 Å². The van der Waals surface area contributed by atoms with Crippen molar-refractivity contribution >= 4 is 39.8 Å². The summed E-state index contributed by atoms with van der Waals surface area (Å²) in [5.74, 6) is -0.372. The number of nitrogens with zero attached hydrogens (tertiary/aromatic N) is 1. The Kier molecular flexibility index (Phi) is 5.68. The van der Waals surface area contributed by atoms with Crippen LogP contribution in [0.3, 0.4) is 0 Å². The zero-order valence-electron chi connectivity index (χ0n) is 17.1. The molecule has 4 rings (SSSR count). The molecule has 3 amide bonds. The number of thiophene rings is 1. The quantitative estimate of drug-likeness (QED) is 0.559. The molecule has 1 aromatic heterocycles. The largest absolute Gasteiger partial charge is 0.348 e. The lowest BCUT2D eigenvalue weighted by atomic mass is 9.94. The van der Waals surface area contributed by atoms with E-state index in [-0.39, 0.29) is 42.6 Å². The number of carbonyl (C=O) groups is 3. The van der Waals surface area contributed by atoms with Gasteiger partial charge in [-0.05, 0) is 41.3 Å². The van der Waals surface area contributed by atoms with Gasteiger partial charge in [0, 0.05) is 34.4 Å². The molecule has 2 heterocycles. The van der Waals surface area contributed by atoms with Gasteiger partial charge >= 0.3 is 0 Å². The third-order valence-corrected chi connectivity index (χ3v) is 6.43. The summed E-state index contributed by atoms with van der Waals surface area (Å²) in [6.07, 6.45) is 0.689. The summed E-state index contributed by atoms with van der Waals surface area (Å²) in [4.78, 5) is 40.7. The van der Waals surface area contributed by atoms with Gasteiger partial charge in [-0.3, -0.25) is 19.3 Å². The fraction of sp³-hybridized carbons (Fsp3) is 0.292. The summed E-state index contributed by atoms with van der Waals surface area (Å²) in [7, 11) is 0. The van der Waals surface area contributed by atoms with Crippen LogP contribution in [0.5, 0.6) is 0 Å². The second-order valence-corrected chi connectivity index (χ2v) is 8.86. The van der Waals surface area contributed by atoms with E-state index in [9.17, 15) is 14.4 Å². The first-order chi connectivity index (χ1) is 14.5. The molecule has 0 radical (unpaired) electrons. The van der Waals surface area contributed by atoms with Crippen LogP contribution >= 0.6 is 11.3 Å². The molecule has 30 heavy (non-hydrogen) atoms. The minimum atomic E-state index is -0.289. The van der Waals surface area contributed by atoms with Crippen LogP contribution in [0.25, 0.3) is 10.8 Å². The molecule has 0 aliphatic carbocycles. The molecule has 6 heteroatoms. The van der Waals surface area contributed by atoms with Crippen molar-refractivity contribution in [1.29, 1.82) is 0 Å². The second-order valence-electron chi connectivity index (χ2n) is 7.88. The van der Waals surface area contributed by atoms with Crippen molar-refractivity contribution in [3.63, 3.8) is 0 Å². The smallest absolute Gasteiger partial charge is 0.261 e. The zero-order chi connectivity index (χ0) is 21.3. The highest BCUT2D eigenvalue weighted by Crippen LogP contribution is 2.30. The van der Waals surface area contributed by atoms with Crippen LogP contribution in [0.1, 0.15) is 58.3 Å². The third-order valence-electron chi connectivity index (χ3n) is 5.47. The van der Waals surface area contributed by atoms with Crippen LogP contribution in [0, 0.1) is 5.92 Å². The molecule has 1 N–H and O–H groups in total. The van der Waals surface area contributed by atoms with E-state index in [1.807, 2.05) is 41.8 Å². The van der Waals surface area contributed by atoms with Crippen LogP contribution in [0.4, 0.5) is 0 Å². The molecule has 0 saturated heterocycles. The van der Waals surface area contributed by atoms with Crippen molar-refractivity contribution < 1.29 is 14.4 Å². The topological polar surface area (TPSA) is 66.5 Å². The normalized spacial score (nSPS) is 14.4. The number of rotatable bonds is 7. The van der Waals surface area contributed by atoms with Gasteiger partial charge in [0.2, 0.25) is 5.91 Å². The highest BCUT2D eigenvalue weighted by atomic mass is 32.1. The van der Waals surface area contributed by atoms with E-state index >= 15 is 0 Å². The number of nitrogens with one attached hydrogen (secondary N) is 1. The summed E-state index contributed by atoms with van der Waals surface area (Å²) in [6.45, 7) is 4.38. The highest BCUT2D eigenvalue weighted by molar-refractivity contribution is 7.10. The van der Waals surface area contributed by atoms with Crippen molar-refractivity contribution in [3.8, 4) is 0 Å². The summed E-state index contributed by atoms with van der Waals surface area (Å²) in [5, 5.41) is 6.71. The average molecular weight is 421 g/mol. The van der Waals surface area contributed by atoms with Crippen molar-refractivity contribution in [3.05, 3.63) is 69.9 Å². The standard InChI is InChI=1S/C24H24N2O3S/c1-15(2)22(19-11-6-14-30-19)25-20(27)12-5-13-26-23(28)17-9-3-7-16-8-4-10-18(21(16)17)24(26)29/h3-4,6-11,14-15,22H,5,12-13H2,1-2H3,(H,25,27). The Morgan fingerprint density at radius 1 is 1.00 bits per heavy atom. The van der Waals surface area contributed by atoms with Crippen LogP contribution in [0.15, 0.2) is 53.9 Å². The Bertz CT molecular complexity index is 1050. The van der Waals surface area contributed by atoms with Crippen LogP contribution in [-0.4, -0.2) is 29.2 Å². The van der Waals surface area contributed by atoms with Crippen LogP contribution in [-0.2, 0) is 4.79 Å². The number of imide groups is 1. The Morgan fingerprint density at radius 3 is 2.23 bits per heavy atom. The third kappa shape index (κ3) is 3.75. The maximum atomic E-state index is 12.9. The van der Waals surface area contributed by atoms with E-state index in [0.29, 0.717) is 17.5 Å². The first-order valence-corrected chi connectivity index (χ1v) is 11.1. The molecule has 2 aromatic carbocycles. The van der Waals surface area contributed by atoms with Crippen molar-refractivity contribution in [2.75, 3.05) is 6.54 Å². The first-order valence-electron chi connectivity index (χ1n) is 10.2. The summed E-state index contributed by atoms with van der Waals surface area (Å²) in [5.41, 5.74) is 1.09. The van der Waals surface area contributed by atoms with E-state index in [1.165, 1.54) is 4.90 Å². The molecule has 5 nitrogen and oxygen atoms in total. The molecule has 1 aliphatic heterocycles. The van der Waals surface area contributed by atoms with Gasteiger partial charge in [0.05, 0.1) is 6.04 Å². The predicted molar refractivity (Wildman–Crippen MR) is 119 cm³/mol. The summed E-state index contributed by atoms with van der Waals surface area (Å²) >= 11 is 1.63. The lowest BCUT2D eigenvalue weighted by Crippen LogP contribution is -2.41. The van der Waals surface area contributed by atoms with Gasteiger partial charge in [-0.1, -0.05) is 44.2 Å². The molecule has 154 valence electrons. The fourth-order valence-corrected chi connectivity index (χ4v) is 4.91. The second kappa shape index (κ2) is 8.40. The number of hydrogen-bond donors (Lipinski definition) is 1. The van der Waals surface area contributed by atoms with Crippen molar-refractivity contribution in [1.82, 2.24) is 10.2 Å². The molecule has 0 saturated carbocycles. The lowest BCUT2D eigenvalue weighted by molar-refractivity contribution is -0.122. The number of carbonyl (C=O) groups excluding carboxylic acids is 3. The maximum absolute atomic E-state index is 12.9. The molecule has 1 unspecified atom stereocenters. The molecule has 1 atom stereocenters. The van der Waals surface area contributed by atoms with Gasteiger partial charge in [0.25, 0.3) is 11.8 Å². The van der Waals surface area contributed by atoms with Crippen LogP contribution in [0.2, 0.25) is 0 Å². The minimum Gasteiger partial charge on any atom is -0.348 e. The first kappa shape index (κ1) is 20.3. The van der Waals surface area contributed by atoms with Gasteiger partial charge in [0.1, 0.15) is 0 Å². The minimum absolute atomic E-state index is 0.0276. The Labute approximate surface area is 179 Å². The van der Waals surface area contributed by atoms with E-state index in [1.54, 1.807) is 23.5 Å².